The third kappa shape index (κ3) is 4.01. The van der Waals surface area contributed by atoms with Gasteiger partial charge in [-0.3, -0.25) is 14.8 Å². The second-order valence-corrected chi connectivity index (χ2v) is 6.72. The van der Waals surface area contributed by atoms with E-state index in [2.05, 4.69) is 15.6 Å². The molecule has 0 saturated carbocycles. The number of nitrogens with two attached hydrogens (primary N) is 1. The number of benzene rings is 2. The van der Waals surface area contributed by atoms with Gasteiger partial charge in [0, 0.05) is 16.3 Å². The molecule has 3 N–H and O–H groups in total. The number of hydrogen-bond acceptors (Lipinski definition) is 5. The predicted octanol–water partition coefficient (Wildman–Crippen LogP) is 2.98. The molecule has 1 aromatic heterocycles. The molecule has 0 saturated heterocycles. The molecular weight excluding hydrogens is 358 g/mol. The summed E-state index contributed by atoms with van der Waals surface area (Å²) >= 11 is 7.24. The molecule has 8 heteroatoms. The minimum Gasteiger partial charge on any atom is -0.294 e. The molecule has 128 valence electrons. The molecule has 0 aliphatic heterocycles. The van der Waals surface area contributed by atoms with Gasteiger partial charge in [-0.05, 0) is 43.3 Å². The molecule has 0 aliphatic rings. The monoisotopic (exact) mass is 373 g/mol. The first-order chi connectivity index (χ1) is 12.1. The van der Waals surface area contributed by atoms with Crippen LogP contribution in [0.25, 0.3) is 17.1 Å². The normalized spacial score (nSPS) is 10.7. The first-order valence-corrected chi connectivity index (χ1v) is 8.85. The van der Waals surface area contributed by atoms with Gasteiger partial charge in [0.25, 0.3) is 0 Å². The summed E-state index contributed by atoms with van der Waals surface area (Å²) in [4.78, 5) is 11.5. The fraction of sp³-hybridized carbons (Fsp3) is 0.118. The van der Waals surface area contributed by atoms with Crippen LogP contribution in [0, 0.1) is 6.92 Å². The van der Waals surface area contributed by atoms with Crippen LogP contribution in [0.15, 0.2) is 53.7 Å². The molecule has 0 atom stereocenters. The van der Waals surface area contributed by atoms with Gasteiger partial charge in [-0.15, -0.1) is 10.2 Å². The Kier molecular flexibility index (Phi) is 5.37. The molecule has 2 aromatic carbocycles. The van der Waals surface area contributed by atoms with Crippen molar-refractivity contribution in [1.82, 2.24) is 20.2 Å². The van der Waals surface area contributed by atoms with Crippen LogP contribution < -0.4 is 11.3 Å². The van der Waals surface area contributed by atoms with Crippen LogP contribution in [-0.4, -0.2) is 26.4 Å². The lowest BCUT2D eigenvalue weighted by atomic mass is 10.2. The van der Waals surface area contributed by atoms with Gasteiger partial charge in [-0.2, -0.15) is 0 Å². The maximum absolute atomic E-state index is 11.5. The van der Waals surface area contributed by atoms with E-state index in [1.165, 1.54) is 11.8 Å². The summed E-state index contributed by atoms with van der Waals surface area (Å²) in [7, 11) is 0. The Morgan fingerprint density at radius 1 is 1.16 bits per heavy atom. The average Bonchev–Trinajstić information content (AvgIpc) is 3.05. The van der Waals surface area contributed by atoms with E-state index in [1.54, 1.807) is 12.1 Å². The Balaban J connectivity index is 2.05. The molecule has 25 heavy (non-hydrogen) atoms. The van der Waals surface area contributed by atoms with Crippen LogP contribution in [0.5, 0.6) is 0 Å². The molecule has 0 radical (unpaired) electrons. The highest BCUT2D eigenvalue weighted by atomic mass is 35.5. The number of amides is 1. The van der Waals surface area contributed by atoms with Crippen molar-refractivity contribution in [1.29, 1.82) is 0 Å². The number of rotatable bonds is 5. The molecule has 0 unspecified atom stereocenters. The number of thioether (sulfide) groups is 1. The largest absolute Gasteiger partial charge is 0.294 e. The van der Waals surface area contributed by atoms with E-state index in [-0.39, 0.29) is 11.7 Å². The highest BCUT2D eigenvalue weighted by Gasteiger charge is 2.17. The topological polar surface area (TPSA) is 85.8 Å². The molecule has 3 rings (SSSR count). The highest BCUT2D eigenvalue weighted by molar-refractivity contribution is 7.99. The van der Waals surface area contributed by atoms with E-state index in [0.717, 1.165) is 16.8 Å². The van der Waals surface area contributed by atoms with Gasteiger partial charge in [0.15, 0.2) is 11.0 Å². The molecule has 1 amide bonds. The Morgan fingerprint density at radius 3 is 2.48 bits per heavy atom. The Hall–Kier alpha value is -2.35. The zero-order valence-corrected chi connectivity index (χ0v) is 15.0. The van der Waals surface area contributed by atoms with Gasteiger partial charge in [-0.25, -0.2) is 5.84 Å². The summed E-state index contributed by atoms with van der Waals surface area (Å²) in [5, 5.41) is 9.81. The number of nitrogens with one attached hydrogen (secondary N) is 1. The van der Waals surface area contributed by atoms with Crippen LogP contribution in [0.4, 0.5) is 0 Å². The first-order valence-electron chi connectivity index (χ1n) is 7.49. The number of hydrazine groups is 1. The Bertz CT molecular complexity index is 877. The predicted molar refractivity (Wildman–Crippen MR) is 99.6 cm³/mol. The van der Waals surface area contributed by atoms with Gasteiger partial charge >= 0.3 is 0 Å². The summed E-state index contributed by atoms with van der Waals surface area (Å²) < 4.78 is 1.91. The van der Waals surface area contributed by atoms with E-state index < -0.39 is 0 Å². The van der Waals surface area contributed by atoms with Crippen molar-refractivity contribution in [3.63, 3.8) is 0 Å². The van der Waals surface area contributed by atoms with Gasteiger partial charge in [0.05, 0.1) is 5.75 Å². The van der Waals surface area contributed by atoms with E-state index >= 15 is 0 Å². The molecule has 0 fully saturated rings. The van der Waals surface area contributed by atoms with Gasteiger partial charge < -0.3 is 0 Å². The zero-order chi connectivity index (χ0) is 17.8. The van der Waals surface area contributed by atoms with Gasteiger partial charge in [0.2, 0.25) is 5.91 Å². The second kappa shape index (κ2) is 7.69. The van der Waals surface area contributed by atoms with E-state index in [1.807, 2.05) is 47.9 Å². The number of halogens is 1. The minimum absolute atomic E-state index is 0.154. The van der Waals surface area contributed by atoms with Crippen molar-refractivity contribution in [2.24, 2.45) is 5.84 Å². The lowest BCUT2D eigenvalue weighted by Crippen LogP contribution is -2.31. The van der Waals surface area contributed by atoms with Gasteiger partial charge in [-0.1, -0.05) is 41.1 Å². The van der Waals surface area contributed by atoms with E-state index in [4.69, 9.17) is 17.4 Å². The van der Waals surface area contributed by atoms with Crippen LogP contribution in [0.3, 0.4) is 0 Å². The quantitative estimate of drug-likeness (QED) is 0.311. The Labute approximate surface area is 154 Å². The highest BCUT2D eigenvalue weighted by Crippen LogP contribution is 2.28. The van der Waals surface area contributed by atoms with Crippen LogP contribution in [0.2, 0.25) is 5.02 Å². The summed E-state index contributed by atoms with van der Waals surface area (Å²) in [6.07, 6.45) is 0. The van der Waals surface area contributed by atoms with Crippen molar-refractivity contribution < 1.29 is 4.79 Å². The molecule has 0 spiro atoms. The molecule has 1 heterocycles. The number of nitrogens with zero attached hydrogens (tertiary/aromatic N) is 3. The van der Waals surface area contributed by atoms with Crippen molar-refractivity contribution >= 4 is 29.3 Å². The molecule has 0 bridgehead atoms. The summed E-state index contributed by atoms with van der Waals surface area (Å²) in [5.41, 5.74) is 5.06. The fourth-order valence-corrected chi connectivity index (χ4v) is 3.14. The lowest BCUT2D eigenvalue weighted by molar-refractivity contribution is -0.118. The number of aryl methyl sites for hydroxylation is 1. The molecular formula is C17H16ClN5OS. The number of hydrogen-bond donors (Lipinski definition) is 2. The number of carbonyl (C=O) groups excluding carboxylic acids is 1. The molecule has 6 nitrogen and oxygen atoms in total. The zero-order valence-electron chi connectivity index (χ0n) is 13.4. The maximum atomic E-state index is 11.5. The summed E-state index contributed by atoms with van der Waals surface area (Å²) in [5.74, 6) is 5.69. The summed E-state index contributed by atoms with van der Waals surface area (Å²) in [6.45, 7) is 2.03. The average molecular weight is 374 g/mol. The molecule has 3 aromatic rings. The van der Waals surface area contributed by atoms with Crippen LogP contribution in [-0.2, 0) is 4.79 Å². The van der Waals surface area contributed by atoms with Crippen LogP contribution >= 0.6 is 23.4 Å². The minimum atomic E-state index is -0.281. The first kappa shape index (κ1) is 17.5. The molecule has 0 aliphatic carbocycles. The second-order valence-electron chi connectivity index (χ2n) is 5.34. The third-order valence-corrected chi connectivity index (χ3v) is 4.70. The van der Waals surface area contributed by atoms with Crippen molar-refractivity contribution in [2.75, 3.05) is 5.75 Å². The smallest absolute Gasteiger partial charge is 0.244 e. The van der Waals surface area contributed by atoms with E-state index in [9.17, 15) is 4.79 Å². The fourth-order valence-electron chi connectivity index (χ4n) is 2.25. The van der Waals surface area contributed by atoms with Crippen LogP contribution in [0.1, 0.15) is 5.56 Å². The van der Waals surface area contributed by atoms with E-state index in [0.29, 0.717) is 16.0 Å². The SMILES string of the molecule is Cc1ccc(-n2c(SCC(=O)NN)nnc2-c2ccc(Cl)cc2)cc1. The number of aromatic nitrogens is 3. The van der Waals surface area contributed by atoms with Crippen molar-refractivity contribution in [2.45, 2.75) is 12.1 Å². The lowest BCUT2D eigenvalue weighted by Gasteiger charge is -2.10. The third-order valence-electron chi connectivity index (χ3n) is 3.52. The Morgan fingerprint density at radius 2 is 1.84 bits per heavy atom. The standard InChI is InChI=1S/C17H16ClN5OS/c1-11-2-8-14(9-3-11)23-16(12-4-6-13(18)7-5-12)21-22-17(23)25-10-15(24)20-19/h2-9H,10,19H2,1H3,(H,20,24). The van der Waals surface area contributed by atoms with Gasteiger partial charge in [0.1, 0.15) is 0 Å². The maximum Gasteiger partial charge on any atom is 0.244 e. The number of carbonyl (C=O) groups is 1. The van der Waals surface area contributed by atoms with Crippen molar-refractivity contribution in [3.8, 4) is 17.1 Å². The van der Waals surface area contributed by atoms with Crippen molar-refractivity contribution in [3.05, 3.63) is 59.1 Å². The summed E-state index contributed by atoms with van der Waals surface area (Å²) in [6, 6.07) is 15.4.